The van der Waals surface area contributed by atoms with Crippen LogP contribution < -0.4 is 9.80 Å². The highest BCUT2D eigenvalue weighted by atomic mass is 16.5. The molecule has 8 nitrogen and oxygen atoms in total. The van der Waals surface area contributed by atoms with Crippen LogP contribution in [0.1, 0.15) is 32.9 Å². The second-order valence-corrected chi connectivity index (χ2v) is 7.61. The smallest absolute Gasteiger partial charge is 0.358 e. The van der Waals surface area contributed by atoms with Gasteiger partial charge in [-0.3, -0.25) is 0 Å². The van der Waals surface area contributed by atoms with Crippen molar-refractivity contribution in [3.63, 3.8) is 0 Å². The molecule has 8 heteroatoms. The minimum atomic E-state index is -0.482. The second kappa shape index (κ2) is 9.07. The van der Waals surface area contributed by atoms with Crippen LogP contribution in [0.2, 0.25) is 0 Å². The Kier molecular flexibility index (Phi) is 6.06. The summed E-state index contributed by atoms with van der Waals surface area (Å²) >= 11 is 0. The molecule has 0 amide bonds. The molecular weight excluding hydrogens is 392 g/mol. The number of esters is 1. The number of rotatable bonds is 5. The van der Waals surface area contributed by atoms with Gasteiger partial charge in [-0.05, 0) is 30.5 Å². The highest BCUT2D eigenvalue weighted by molar-refractivity contribution is 5.86. The molecule has 1 saturated heterocycles. The highest BCUT2D eigenvalue weighted by Crippen LogP contribution is 2.24. The lowest BCUT2D eigenvalue weighted by Gasteiger charge is -2.36. The van der Waals surface area contributed by atoms with Crippen molar-refractivity contribution in [2.45, 2.75) is 20.3 Å². The number of anilines is 2. The molecule has 0 unspecified atom stereocenters. The Morgan fingerprint density at radius 1 is 0.935 bits per heavy atom. The number of hydrogen-bond acceptors (Lipinski definition) is 8. The third kappa shape index (κ3) is 4.47. The van der Waals surface area contributed by atoms with E-state index in [9.17, 15) is 4.79 Å². The maximum absolute atomic E-state index is 11.5. The lowest BCUT2D eigenvalue weighted by molar-refractivity contribution is 0.0593. The molecule has 0 aliphatic carbocycles. The number of methoxy groups -OCH3 is 1. The van der Waals surface area contributed by atoms with Crippen molar-refractivity contribution in [1.29, 1.82) is 0 Å². The lowest BCUT2D eigenvalue weighted by atomic mass is 10.0. The summed E-state index contributed by atoms with van der Waals surface area (Å²) in [5.41, 5.74) is 4.84. The summed E-state index contributed by atoms with van der Waals surface area (Å²) in [5.74, 6) is 1.22. The Morgan fingerprint density at radius 3 is 2.29 bits per heavy atom. The number of aromatic nitrogens is 4. The van der Waals surface area contributed by atoms with Crippen molar-refractivity contribution >= 4 is 17.6 Å². The summed E-state index contributed by atoms with van der Waals surface area (Å²) in [7, 11) is 1.33. The number of piperazine rings is 1. The molecular formula is C23H26N6O2. The quantitative estimate of drug-likeness (QED) is 0.585. The first-order valence-electron chi connectivity index (χ1n) is 10.3. The summed E-state index contributed by atoms with van der Waals surface area (Å²) in [6.45, 7) is 7.45. The first-order chi connectivity index (χ1) is 15.1. The van der Waals surface area contributed by atoms with Crippen molar-refractivity contribution < 1.29 is 9.53 Å². The number of nitrogens with zero attached hydrogens (tertiary/aromatic N) is 6. The standard InChI is InChI=1S/C23H26N6O2/c1-16-17(2)22(27-26-19(16)13-18-7-5-4-6-8-18)29-11-9-28(10-12-29)21-15-24-20(14-25-21)23(30)31-3/h4-8,14-15H,9-13H2,1-3H3. The fourth-order valence-electron chi connectivity index (χ4n) is 3.74. The fourth-order valence-corrected chi connectivity index (χ4v) is 3.74. The molecule has 1 aliphatic rings. The van der Waals surface area contributed by atoms with Crippen LogP contribution in [0.4, 0.5) is 11.6 Å². The molecule has 160 valence electrons. The van der Waals surface area contributed by atoms with Crippen LogP contribution in [0, 0.1) is 13.8 Å². The van der Waals surface area contributed by atoms with Crippen LogP contribution in [-0.4, -0.2) is 59.4 Å². The van der Waals surface area contributed by atoms with Gasteiger partial charge in [0.15, 0.2) is 11.5 Å². The molecule has 3 heterocycles. The minimum absolute atomic E-state index is 0.210. The number of carbonyl (C=O) groups is 1. The lowest BCUT2D eigenvalue weighted by Crippen LogP contribution is -2.47. The molecule has 0 saturated carbocycles. The van der Waals surface area contributed by atoms with E-state index >= 15 is 0 Å². The van der Waals surface area contributed by atoms with E-state index in [-0.39, 0.29) is 5.69 Å². The predicted octanol–water partition coefficient (Wildman–Crippen LogP) is 2.59. The molecule has 1 aliphatic heterocycles. The highest BCUT2D eigenvalue weighted by Gasteiger charge is 2.22. The average Bonchev–Trinajstić information content (AvgIpc) is 2.83. The van der Waals surface area contributed by atoms with Crippen LogP contribution in [0.5, 0.6) is 0 Å². The Morgan fingerprint density at radius 2 is 1.65 bits per heavy atom. The Hall–Kier alpha value is -3.55. The topological polar surface area (TPSA) is 84.3 Å². The van der Waals surface area contributed by atoms with Gasteiger partial charge >= 0.3 is 5.97 Å². The summed E-state index contributed by atoms with van der Waals surface area (Å²) < 4.78 is 4.67. The third-order valence-corrected chi connectivity index (χ3v) is 5.75. The number of hydrogen-bond donors (Lipinski definition) is 0. The largest absolute Gasteiger partial charge is 0.464 e. The zero-order chi connectivity index (χ0) is 21.8. The molecule has 4 rings (SSSR count). The van der Waals surface area contributed by atoms with Crippen LogP contribution in [0.25, 0.3) is 0 Å². The van der Waals surface area contributed by atoms with Crippen molar-refractivity contribution in [1.82, 2.24) is 20.2 Å². The molecule has 0 N–H and O–H groups in total. The first kappa shape index (κ1) is 20.7. The van der Waals surface area contributed by atoms with Crippen LogP contribution in [0.3, 0.4) is 0 Å². The summed E-state index contributed by atoms with van der Waals surface area (Å²) in [4.78, 5) is 24.5. The van der Waals surface area contributed by atoms with E-state index in [0.29, 0.717) is 0 Å². The van der Waals surface area contributed by atoms with Gasteiger partial charge in [0.1, 0.15) is 5.82 Å². The first-order valence-corrected chi connectivity index (χ1v) is 10.3. The van der Waals surface area contributed by atoms with E-state index in [2.05, 4.69) is 60.7 Å². The summed E-state index contributed by atoms with van der Waals surface area (Å²) in [6.07, 6.45) is 3.86. The maximum Gasteiger partial charge on any atom is 0.358 e. The van der Waals surface area contributed by atoms with Gasteiger partial charge in [0.05, 0.1) is 25.2 Å². The molecule has 0 radical (unpaired) electrons. The van der Waals surface area contributed by atoms with Gasteiger partial charge < -0.3 is 14.5 Å². The Balaban J connectivity index is 1.42. The SMILES string of the molecule is COC(=O)c1cnc(N2CCN(c3nnc(Cc4ccccc4)c(C)c3C)CC2)cn1. The van der Waals surface area contributed by atoms with Crippen molar-refractivity contribution in [3.05, 3.63) is 70.8 Å². The van der Waals surface area contributed by atoms with E-state index < -0.39 is 5.97 Å². The molecule has 0 spiro atoms. The molecule has 31 heavy (non-hydrogen) atoms. The summed E-state index contributed by atoms with van der Waals surface area (Å²) in [5, 5.41) is 9.12. The summed E-state index contributed by atoms with van der Waals surface area (Å²) in [6, 6.07) is 10.3. The van der Waals surface area contributed by atoms with E-state index in [4.69, 9.17) is 0 Å². The van der Waals surface area contributed by atoms with E-state index in [1.807, 2.05) is 18.2 Å². The number of ether oxygens (including phenoxy) is 1. The number of benzene rings is 1. The number of carbonyl (C=O) groups excluding carboxylic acids is 1. The average molecular weight is 419 g/mol. The van der Waals surface area contributed by atoms with Gasteiger partial charge in [-0.15, -0.1) is 5.10 Å². The predicted molar refractivity (Wildman–Crippen MR) is 119 cm³/mol. The van der Waals surface area contributed by atoms with Crippen LogP contribution >= 0.6 is 0 Å². The zero-order valence-electron chi connectivity index (χ0n) is 18.1. The molecule has 3 aromatic rings. The second-order valence-electron chi connectivity index (χ2n) is 7.61. The molecule has 1 fully saturated rings. The van der Waals surface area contributed by atoms with E-state index in [0.717, 1.165) is 49.9 Å². The zero-order valence-corrected chi connectivity index (χ0v) is 18.1. The maximum atomic E-state index is 11.5. The normalized spacial score (nSPS) is 13.9. The fraction of sp³-hybridized carbons (Fsp3) is 0.348. The van der Waals surface area contributed by atoms with Gasteiger partial charge in [-0.2, -0.15) is 5.10 Å². The molecule has 0 bridgehead atoms. The van der Waals surface area contributed by atoms with Crippen molar-refractivity contribution in [2.75, 3.05) is 43.1 Å². The third-order valence-electron chi connectivity index (χ3n) is 5.75. The molecule has 2 aromatic heterocycles. The minimum Gasteiger partial charge on any atom is -0.464 e. The monoisotopic (exact) mass is 418 g/mol. The van der Waals surface area contributed by atoms with Crippen molar-refractivity contribution in [2.24, 2.45) is 0 Å². The van der Waals surface area contributed by atoms with Crippen LogP contribution in [0.15, 0.2) is 42.7 Å². The van der Waals surface area contributed by atoms with E-state index in [1.165, 1.54) is 30.0 Å². The van der Waals surface area contributed by atoms with Gasteiger partial charge in [-0.25, -0.2) is 14.8 Å². The van der Waals surface area contributed by atoms with E-state index in [1.54, 1.807) is 6.20 Å². The van der Waals surface area contributed by atoms with Crippen LogP contribution in [-0.2, 0) is 11.2 Å². The van der Waals surface area contributed by atoms with Gasteiger partial charge in [0.2, 0.25) is 0 Å². The molecule has 0 atom stereocenters. The Labute approximate surface area is 181 Å². The van der Waals surface area contributed by atoms with Gasteiger partial charge in [-0.1, -0.05) is 30.3 Å². The molecule has 1 aromatic carbocycles. The Bertz CT molecular complexity index is 1050. The van der Waals surface area contributed by atoms with Gasteiger partial charge in [0.25, 0.3) is 0 Å². The van der Waals surface area contributed by atoms with Crippen molar-refractivity contribution in [3.8, 4) is 0 Å². The van der Waals surface area contributed by atoms with Gasteiger partial charge in [0, 0.05) is 32.6 Å².